The van der Waals surface area contributed by atoms with Crippen LogP contribution in [-0.4, -0.2) is 16.4 Å². The van der Waals surface area contributed by atoms with Crippen LogP contribution in [0.4, 0.5) is 5.69 Å². The molecule has 0 fully saturated rings. The summed E-state index contributed by atoms with van der Waals surface area (Å²) in [6, 6.07) is 12.3. The maximum atomic E-state index is 12.0. The van der Waals surface area contributed by atoms with Gasteiger partial charge in [-0.1, -0.05) is 24.3 Å². The number of carbonyl (C=O) groups is 2. The van der Waals surface area contributed by atoms with Gasteiger partial charge in [-0.05, 0) is 30.2 Å². The number of aryl methyl sites for hydroxylation is 2. The zero-order valence-corrected chi connectivity index (χ0v) is 13.8. The molecule has 0 aliphatic carbocycles. The Bertz CT molecular complexity index is 1020. The minimum Gasteiger partial charge on any atom is -0.408 e. The molecule has 0 saturated heterocycles. The van der Waals surface area contributed by atoms with Crippen molar-refractivity contribution < 1.29 is 14.0 Å². The summed E-state index contributed by atoms with van der Waals surface area (Å²) in [5.74, 6) is -2.02. The Balaban J connectivity index is 1.66. The first-order valence-electron chi connectivity index (χ1n) is 7.69. The molecule has 3 aromatic rings. The van der Waals surface area contributed by atoms with E-state index in [4.69, 9.17) is 4.42 Å². The molecule has 25 heavy (non-hydrogen) atoms. The van der Waals surface area contributed by atoms with Gasteiger partial charge in [0, 0.05) is 25.3 Å². The van der Waals surface area contributed by atoms with Crippen molar-refractivity contribution in [1.82, 2.24) is 9.88 Å². The van der Waals surface area contributed by atoms with E-state index in [1.54, 1.807) is 19.2 Å². The molecular formula is C18H17N3O4. The monoisotopic (exact) mass is 339 g/mol. The number of hydrogen-bond donors (Lipinski definition) is 2. The summed E-state index contributed by atoms with van der Waals surface area (Å²) in [7, 11) is 1.59. The second-order valence-corrected chi connectivity index (χ2v) is 5.67. The number of amides is 2. The van der Waals surface area contributed by atoms with Crippen LogP contribution < -0.4 is 16.4 Å². The molecule has 0 atom stereocenters. The summed E-state index contributed by atoms with van der Waals surface area (Å²) in [6.07, 6.45) is 0. The number of aromatic nitrogens is 1. The maximum Gasteiger partial charge on any atom is 0.419 e. The molecule has 0 bridgehead atoms. The highest BCUT2D eigenvalue weighted by Crippen LogP contribution is 2.17. The Morgan fingerprint density at radius 2 is 1.88 bits per heavy atom. The van der Waals surface area contributed by atoms with Gasteiger partial charge in [-0.3, -0.25) is 14.2 Å². The zero-order valence-electron chi connectivity index (χ0n) is 13.8. The smallest absolute Gasteiger partial charge is 0.408 e. The van der Waals surface area contributed by atoms with Crippen LogP contribution in [-0.2, 0) is 23.2 Å². The minimum atomic E-state index is -0.786. The fourth-order valence-electron chi connectivity index (χ4n) is 2.46. The van der Waals surface area contributed by atoms with Crippen LogP contribution in [0.25, 0.3) is 11.1 Å². The molecule has 3 rings (SSSR count). The Labute approximate surface area is 143 Å². The number of benzene rings is 2. The molecule has 128 valence electrons. The third-order valence-corrected chi connectivity index (χ3v) is 3.96. The number of fused-ring (bicyclic) bond motifs is 1. The number of hydrogen-bond acceptors (Lipinski definition) is 4. The Morgan fingerprint density at radius 3 is 2.64 bits per heavy atom. The van der Waals surface area contributed by atoms with E-state index in [2.05, 4.69) is 10.6 Å². The van der Waals surface area contributed by atoms with Crippen molar-refractivity contribution in [3.63, 3.8) is 0 Å². The Morgan fingerprint density at radius 1 is 1.12 bits per heavy atom. The van der Waals surface area contributed by atoms with Crippen molar-refractivity contribution in [1.29, 1.82) is 0 Å². The lowest BCUT2D eigenvalue weighted by atomic mass is 10.1. The van der Waals surface area contributed by atoms with E-state index < -0.39 is 17.6 Å². The van der Waals surface area contributed by atoms with E-state index in [1.807, 2.05) is 31.2 Å². The normalized spacial score (nSPS) is 10.6. The number of anilines is 1. The van der Waals surface area contributed by atoms with Crippen LogP contribution in [0.15, 0.2) is 51.7 Å². The molecular weight excluding hydrogens is 322 g/mol. The van der Waals surface area contributed by atoms with Crippen LogP contribution in [0.1, 0.15) is 11.1 Å². The fourth-order valence-corrected chi connectivity index (χ4v) is 2.46. The Kier molecular flexibility index (Phi) is 4.38. The molecule has 0 aliphatic rings. The predicted molar refractivity (Wildman–Crippen MR) is 93.1 cm³/mol. The van der Waals surface area contributed by atoms with E-state index in [0.717, 1.165) is 11.1 Å². The van der Waals surface area contributed by atoms with Crippen LogP contribution in [0.3, 0.4) is 0 Å². The number of carbonyl (C=O) groups excluding carboxylic acids is 2. The lowest BCUT2D eigenvalue weighted by Crippen LogP contribution is -2.35. The van der Waals surface area contributed by atoms with Gasteiger partial charge in [0.2, 0.25) is 0 Å². The van der Waals surface area contributed by atoms with Gasteiger partial charge < -0.3 is 15.1 Å². The summed E-state index contributed by atoms with van der Waals surface area (Å²) < 4.78 is 6.41. The van der Waals surface area contributed by atoms with Crippen LogP contribution >= 0.6 is 0 Å². The highest BCUT2D eigenvalue weighted by Gasteiger charge is 2.15. The van der Waals surface area contributed by atoms with Gasteiger partial charge in [0.05, 0.1) is 5.52 Å². The lowest BCUT2D eigenvalue weighted by molar-refractivity contribution is -0.136. The third kappa shape index (κ3) is 3.45. The van der Waals surface area contributed by atoms with E-state index in [1.165, 1.54) is 10.6 Å². The highest BCUT2D eigenvalue weighted by atomic mass is 16.4. The van der Waals surface area contributed by atoms with Gasteiger partial charge in [-0.2, -0.15) is 0 Å². The van der Waals surface area contributed by atoms with E-state index in [-0.39, 0.29) is 6.54 Å². The van der Waals surface area contributed by atoms with Crippen molar-refractivity contribution in [3.05, 3.63) is 64.1 Å². The number of nitrogens with one attached hydrogen (secondary N) is 2. The largest absolute Gasteiger partial charge is 0.419 e. The van der Waals surface area contributed by atoms with Crippen LogP contribution in [0.2, 0.25) is 0 Å². The lowest BCUT2D eigenvalue weighted by Gasteiger charge is -2.08. The van der Waals surface area contributed by atoms with Gasteiger partial charge >= 0.3 is 17.6 Å². The topological polar surface area (TPSA) is 93.3 Å². The highest BCUT2D eigenvalue weighted by molar-refractivity contribution is 6.39. The van der Waals surface area contributed by atoms with Gasteiger partial charge in [-0.15, -0.1) is 0 Å². The first-order valence-corrected chi connectivity index (χ1v) is 7.69. The van der Waals surface area contributed by atoms with Crippen LogP contribution in [0, 0.1) is 6.92 Å². The summed E-state index contributed by atoms with van der Waals surface area (Å²) in [6.45, 7) is 2.20. The van der Waals surface area contributed by atoms with Crippen molar-refractivity contribution in [2.24, 2.45) is 7.05 Å². The number of oxazole rings is 1. The molecule has 0 aliphatic heterocycles. The summed E-state index contributed by atoms with van der Waals surface area (Å²) >= 11 is 0. The molecule has 0 saturated carbocycles. The number of rotatable bonds is 3. The molecule has 2 N–H and O–H groups in total. The Hall–Kier alpha value is -3.35. The molecule has 7 nitrogen and oxygen atoms in total. The standard InChI is InChI=1S/C18H17N3O4/c1-11-5-3-4-6-12(11)10-19-16(22)17(23)20-13-7-8-14-15(9-13)25-18(24)21(14)2/h3-9H,10H2,1-2H3,(H,19,22)(H,20,23). The quantitative estimate of drug-likeness (QED) is 0.710. The molecule has 1 heterocycles. The zero-order chi connectivity index (χ0) is 18.0. The van der Waals surface area contributed by atoms with Crippen molar-refractivity contribution in [2.45, 2.75) is 13.5 Å². The predicted octanol–water partition coefficient (Wildman–Crippen LogP) is 1.69. The van der Waals surface area contributed by atoms with Crippen molar-refractivity contribution >= 4 is 28.6 Å². The first-order chi connectivity index (χ1) is 12.0. The summed E-state index contributed by atoms with van der Waals surface area (Å²) in [4.78, 5) is 35.4. The average Bonchev–Trinajstić information content (AvgIpc) is 2.87. The van der Waals surface area contributed by atoms with E-state index in [9.17, 15) is 14.4 Å². The molecule has 0 radical (unpaired) electrons. The van der Waals surface area contributed by atoms with Gasteiger partial charge in [0.15, 0.2) is 5.58 Å². The minimum absolute atomic E-state index is 0.269. The van der Waals surface area contributed by atoms with Crippen molar-refractivity contribution in [3.8, 4) is 0 Å². The van der Waals surface area contributed by atoms with Gasteiger partial charge in [0.25, 0.3) is 0 Å². The van der Waals surface area contributed by atoms with Crippen molar-refractivity contribution in [2.75, 3.05) is 5.32 Å². The van der Waals surface area contributed by atoms with E-state index in [0.29, 0.717) is 16.8 Å². The second kappa shape index (κ2) is 6.64. The average molecular weight is 339 g/mol. The summed E-state index contributed by atoms with van der Waals surface area (Å²) in [5, 5.41) is 5.07. The molecule has 7 heteroatoms. The fraction of sp³-hybridized carbons (Fsp3) is 0.167. The van der Waals surface area contributed by atoms with Crippen LogP contribution in [0.5, 0.6) is 0 Å². The molecule has 2 amide bonds. The first kappa shape index (κ1) is 16.5. The molecule has 0 spiro atoms. The molecule has 1 aromatic heterocycles. The SMILES string of the molecule is Cc1ccccc1CNC(=O)C(=O)Nc1ccc2c(c1)oc(=O)n2C. The molecule has 0 unspecified atom stereocenters. The number of nitrogens with zero attached hydrogens (tertiary/aromatic N) is 1. The third-order valence-electron chi connectivity index (χ3n) is 3.96. The second-order valence-electron chi connectivity index (χ2n) is 5.67. The van der Waals surface area contributed by atoms with Gasteiger partial charge in [-0.25, -0.2) is 4.79 Å². The van der Waals surface area contributed by atoms with Gasteiger partial charge in [0.1, 0.15) is 0 Å². The van der Waals surface area contributed by atoms with E-state index >= 15 is 0 Å². The summed E-state index contributed by atoms with van der Waals surface area (Å²) in [5.41, 5.74) is 3.29. The maximum absolute atomic E-state index is 12.0. The molecule has 2 aromatic carbocycles.